The predicted octanol–water partition coefficient (Wildman–Crippen LogP) is 2.57. The van der Waals surface area contributed by atoms with E-state index in [-0.39, 0.29) is 23.3 Å². The number of hydrogen-bond acceptors (Lipinski definition) is 1. The lowest BCUT2D eigenvalue weighted by Crippen LogP contribution is -2.26. The van der Waals surface area contributed by atoms with Crippen molar-refractivity contribution in [2.24, 2.45) is 10.7 Å². The van der Waals surface area contributed by atoms with E-state index >= 15 is 0 Å². The van der Waals surface area contributed by atoms with Gasteiger partial charge in [0.2, 0.25) is 0 Å². The van der Waals surface area contributed by atoms with Crippen LogP contribution in [0.3, 0.4) is 0 Å². The SMILES string of the molecule is CCCCN=C(N)[S+](C)CCCC.Cl. The first-order valence-electron chi connectivity index (χ1n) is 5.14. The first-order valence-corrected chi connectivity index (χ1v) is 6.95. The van der Waals surface area contributed by atoms with Gasteiger partial charge in [0.1, 0.15) is 12.0 Å². The van der Waals surface area contributed by atoms with Crippen molar-refractivity contribution in [1.82, 2.24) is 0 Å². The highest BCUT2D eigenvalue weighted by molar-refractivity contribution is 8.10. The van der Waals surface area contributed by atoms with Gasteiger partial charge in [0.25, 0.3) is 0 Å². The molecule has 2 N–H and O–H groups in total. The van der Waals surface area contributed by atoms with E-state index in [4.69, 9.17) is 5.73 Å². The summed E-state index contributed by atoms with van der Waals surface area (Å²) < 4.78 is 0. The molecule has 0 saturated heterocycles. The largest absolute Gasteiger partial charge is 0.343 e. The zero-order valence-electron chi connectivity index (χ0n) is 9.58. The normalized spacial score (nSPS) is 13.5. The molecule has 0 aromatic rings. The van der Waals surface area contributed by atoms with Crippen molar-refractivity contribution in [1.29, 1.82) is 0 Å². The number of nitrogens with zero attached hydrogens (tertiary/aromatic N) is 1. The van der Waals surface area contributed by atoms with Gasteiger partial charge in [0.05, 0.1) is 10.9 Å². The first kappa shape index (κ1) is 16.5. The molecule has 0 aromatic heterocycles. The molecule has 0 radical (unpaired) electrons. The Morgan fingerprint density at radius 1 is 1.21 bits per heavy atom. The Kier molecular flexibility index (Phi) is 13.2. The lowest BCUT2D eigenvalue weighted by Gasteiger charge is -2.00. The summed E-state index contributed by atoms with van der Waals surface area (Å²) in [6.45, 7) is 5.29. The molecule has 0 aliphatic carbocycles. The summed E-state index contributed by atoms with van der Waals surface area (Å²) in [5, 5.41) is 0.877. The summed E-state index contributed by atoms with van der Waals surface area (Å²) in [7, 11) is 0.210. The highest BCUT2D eigenvalue weighted by Gasteiger charge is 2.15. The van der Waals surface area contributed by atoms with Crippen molar-refractivity contribution < 1.29 is 0 Å². The molecule has 0 heterocycles. The molecular weight excluding hydrogens is 216 g/mol. The molecule has 0 saturated carbocycles. The van der Waals surface area contributed by atoms with E-state index in [2.05, 4.69) is 25.1 Å². The molecule has 0 aliphatic rings. The molecule has 86 valence electrons. The van der Waals surface area contributed by atoms with Crippen molar-refractivity contribution in [3.05, 3.63) is 0 Å². The third-order valence-electron chi connectivity index (χ3n) is 1.94. The molecule has 0 fully saturated rings. The summed E-state index contributed by atoms with van der Waals surface area (Å²) in [5.41, 5.74) is 5.86. The smallest absolute Gasteiger partial charge is 0.311 e. The Morgan fingerprint density at radius 3 is 2.29 bits per heavy atom. The molecule has 1 atom stereocenters. The Balaban J connectivity index is 0. The van der Waals surface area contributed by atoms with Crippen LogP contribution < -0.4 is 5.73 Å². The maximum absolute atomic E-state index is 5.86. The average molecular weight is 240 g/mol. The van der Waals surface area contributed by atoms with Crippen LogP contribution in [0.2, 0.25) is 0 Å². The third-order valence-corrected chi connectivity index (χ3v) is 3.68. The summed E-state index contributed by atoms with van der Waals surface area (Å²) in [4.78, 5) is 4.37. The minimum absolute atomic E-state index is 0. The first-order chi connectivity index (χ1) is 6.22. The van der Waals surface area contributed by atoms with Crippen molar-refractivity contribution in [3.63, 3.8) is 0 Å². The van der Waals surface area contributed by atoms with Crippen molar-refractivity contribution in [3.8, 4) is 0 Å². The standard InChI is InChI=1S/C10H23N2S.ClH/c1-4-6-8-12-10(11)13(3)9-7-5-2;/h4-9H2,1-3H3,(H2,11,12);1H/q+1;. The van der Waals surface area contributed by atoms with Gasteiger partial charge in [-0.05, 0) is 12.8 Å². The number of unbranched alkanes of at least 4 members (excludes halogenated alkanes) is 2. The van der Waals surface area contributed by atoms with Gasteiger partial charge in [0.15, 0.2) is 0 Å². The minimum Gasteiger partial charge on any atom is -0.343 e. The molecule has 2 nitrogen and oxygen atoms in total. The van der Waals surface area contributed by atoms with E-state index in [1.807, 2.05) is 0 Å². The van der Waals surface area contributed by atoms with Gasteiger partial charge in [-0.25, -0.2) is 4.99 Å². The zero-order chi connectivity index (χ0) is 10.1. The molecular formula is C10H24ClN2S+. The quantitative estimate of drug-likeness (QED) is 0.329. The molecule has 0 aromatic carbocycles. The lowest BCUT2D eigenvalue weighted by molar-refractivity contribution is 0.808. The second-order valence-corrected chi connectivity index (χ2v) is 5.37. The molecule has 0 bridgehead atoms. The number of nitrogens with two attached hydrogens (primary N) is 1. The minimum atomic E-state index is 0. The van der Waals surface area contributed by atoms with Gasteiger partial charge in [-0.15, -0.1) is 12.4 Å². The summed E-state index contributed by atoms with van der Waals surface area (Å²) in [6, 6.07) is 0. The second kappa shape index (κ2) is 11.2. The summed E-state index contributed by atoms with van der Waals surface area (Å²) in [6.07, 6.45) is 7.07. The van der Waals surface area contributed by atoms with Crippen LogP contribution in [0.15, 0.2) is 4.99 Å². The third kappa shape index (κ3) is 8.70. The van der Waals surface area contributed by atoms with E-state index in [9.17, 15) is 0 Å². The number of hydrogen-bond donors (Lipinski definition) is 1. The van der Waals surface area contributed by atoms with E-state index in [1.54, 1.807) is 0 Å². The van der Waals surface area contributed by atoms with Gasteiger partial charge in [-0.1, -0.05) is 26.7 Å². The van der Waals surface area contributed by atoms with E-state index in [1.165, 1.54) is 25.0 Å². The van der Waals surface area contributed by atoms with Crippen LogP contribution in [0.4, 0.5) is 0 Å². The highest BCUT2D eigenvalue weighted by Crippen LogP contribution is 1.98. The monoisotopic (exact) mass is 239 g/mol. The Morgan fingerprint density at radius 2 is 1.79 bits per heavy atom. The van der Waals surface area contributed by atoms with Crippen molar-refractivity contribution in [2.75, 3.05) is 18.6 Å². The van der Waals surface area contributed by atoms with Crippen LogP contribution in [0.25, 0.3) is 0 Å². The fraction of sp³-hybridized carbons (Fsp3) is 0.900. The molecule has 14 heavy (non-hydrogen) atoms. The summed E-state index contributed by atoms with van der Waals surface area (Å²) >= 11 is 0. The highest BCUT2D eigenvalue weighted by atomic mass is 35.5. The van der Waals surface area contributed by atoms with E-state index in [0.717, 1.165) is 18.1 Å². The van der Waals surface area contributed by atoms with Gasteiger partial charge < -0.3 is 5.73 Å². The van der Waals surface area contributed by atoms with Gasteiger partial charge in [0, 0.05) is 6.54 Å². The topological polar surface area (TPSA) is 38.4 Å². The van der Waals surface area contributed by atoms with Crippen LogP contribution in [-0.4, -0.2) is 23.7 Å². The Labute approximate surface area is 97.5 Å². The average Bonchev–Trinajstić information content (AvgIpc) is 2.14. The molecule has 4 heteroatoms. The zero-order valence-corrected chi connectivity index (χ0v) is 11.2. The molecule has 0 aliphatic heterocycles. The van der Waals surface area contributed by atoms with Crippen molar-refractivity contribution in [2.45, 2.75) is 39.5 Å². The van der Waals surface area contributed by atoms with E-state index < -0.39 is 0 Å². The van der Waals surface area contributed by atoms with Crippen LogP contribution >= 0.6 is 12.4 Å². The van der Waals surface area contributed by atoms with E-state index in [0.29, 0.717) is 0 Å². The van der Waals surface area contributed by atoms with Gasteiger partial charge >= 0.3 is 5.17 Å². The van der Waals surface area contributed by atoms with Crippen LogP contribution in [0.1, 0.15) is 39.5 Å². The number of halogens is 1. The van der Waals surface area contributed by atoms with Crippen LogP contribution in [0, 0.1) is 0 Å². The van der Waals surface area contributed by atoms with Gasteiger partial charge in [-0.2, -0.15) is 0 Å². The number of aliphatic imine (C=N–C) groups is 1. The maximum Gasteiger partial charge on any atom is 0.311 e. The van der Waals surface area contributed by atoms with Crippen LogP contribution in [0.5, 0.6) is 0 Å². The van der Waals surface area contributed by atoms with Gasteiger partial charge in [-0.3, -0.25) is 0 Å². The Bertz CT molecular complexity index is 151. The lowest BCUT2D eigenvalue weighted by atomic mass is 10.3. The molecule has 1 unspecified atom stereocenters. The van der Waals surface area contributed by atoms with Crippen molar-refractivity contribution >= 4 is 28.5 Å². The molecule has 0 rings (SSSR count). The fourth-order valence-corrected chi connectivity index (χ4v) is 2.17. The number of amidine groups is 1. The number of rotatable bonds is 6. The molecule has 0 spiro atoms. The summed E-state index contributed by atoms with van der Waals surface area (Å²) in [5.74, 6) is 1.21. The maximum atomic E-state index is 5.86. The Hall–Kier alpha value is 0.110. The fourth-order valence-electron chi connectivity index (χ4n) is 0.923. The van der Waals surface area contributed by atoms with Crippen LogP contribution in [-0.2, 0) is 10.9 Å². The molecule has 0 amide bonds. The second-order valence-electron chi connectivity index (χ2n) is 3.27. The predicted molar refractivity (Wildman–Crippen MR) is 71.7 cm³/mol.